The zero-order valence-electron chi connectivity index (χ0n) is 12.0. The van der Waals surface area contributed by atoms with Gasteiger partial charge < -0.3 is 19.8 Å². The Bertz CT molecular complexity index is 416. The molecule has 1 heterocycles. The highest BCUT2D eigenvalue weighted by Gasteiger charge is 2.55. The first-order valence-electron chi connectivity index (χ1n) is 7.18. The van der Waals surface area contributed by atoms with E-state index in [4.69, 9.17) is 9.84 Å². The van der Waals surface area contributed by atoms with Crippen LogP contribution in [0, 0.1) is 5.41 Å². The normalized spacial score (nSPS) is 30.4. The number of hydrogen-bond donors (Lipinski definition) is 2. The molecule has 1 saturated carbocycles. The van der Waals surface area contributed by atoms with Crippen molar-refractivity contribution in [3.05, 3.63) is 0 Å². The summed E-state index contributed by atoms with van der Waals surface area (Å²) in [6.07, 6.45) is 3.25. The van der Waals surface area contributed by atoms with Gasteiger partial charge in [0.05, 0.1) is 31.2 Å². The minimum atomic E-state index is -2.92. The number of aliphatic hydroxyl groups excluding tert-OH is 2. The van der Waals surface area contributed by atoms with Crippen LogP contribution in [0.25, 0.3) is 0 Å². The summed E-state index contributed by atoms with van der Waals surface area (Å²) in [5.41, 5.74) is -0.184. The molecule has 0 aromatic carbocycles. The molecule has 2 rings (SSSR count). The summed E-state index contributed by atoms with van der Waals surface area (Å²) in [6.45, 7) is 2.48. The molecule has 2 fully saturated rings. The summed E-state index contributed by atoms with van der Waals surface area (Å²) in [5, 5.41) is 18.9. The lowest BCUT2D eigenvalue weighted by molar-refractivity contribution is -0.213. The van der Waals surface area contributed by atoms with Crippen molar-refractivity contribution in [1.29, 1.82) is 0 Å². The maximum absolute atomic E-state index is 11.2. The molecule has 0 amide bonds. The Balaban J connectivity index is 1.83. The van der Waals surface area contributed by atoms with E-state index >= 15 is 0 Å². The van der Waals surface area contributed by atoms with Crippen molar-refractivity contribution >= 4 is 9.84 Å². The van der Waals surface area contributed by atoms with Gasteiger partial charge in [-0.3, -0.25) is 0 Å². The molecule has 1 saturated heterocycles. The van der Waals surface area contributed by atoms with Gasteiger partial charge in [0.25, 0.3) is 0 Å². The molecule has 118 valence electrons. The van der Waals surface area contributed by atoms with Crippen LogP contribution >= 0.6 is 0 Å². The van der Waals surface area contributed by atoms with Gasteiger partial charge in [0.1, 0.15) is 9.84 Å². The average Bonchev–Trinajstić information content (AvgIpc) is 2.40. The first-order chi connectivity index (χ1) is 9.37. The number of rotatable bonds is 6. The Kier molecular flexibility index (Phi) is 5.07. The van der Waals surface area contributed by atoms with Crippen LogP contribution in [0.4, 0.5) is 0 Å². The van der Waals surface area contributed by atoms with Gasteiger partial charge in [-0.05, 0) is 25.9 Å². The van der Waals surface area contributed by atoms with Gasteiger partial charge in [-0.15, -0.1) is 0 Å². The SMILES string of the molecule is CS(=O)(=O)CCN1CCC2(CC1)[C@H](O)C[C@@H]2OCCO. The predicted octanol–water partition coefficient (Wildman–Crippen LogP) is -0.745. The summed E-state index contributed by atoms with van der Waals surface area (Å²) >= 11 is 0. The molecule has 0 unspecified atom stereocenters. The van der Waals surface area contributed by atoms with E-state index in [1.165, 1.54) is 6.26 Å². The number of ether oxygens (including phenoxy) is 1. The van der Waals surface area contributed by atoms with Crippen LogP contribution in [0.15, 0.2) is 0 Å². The van der Waals surface area contributed by atoms with Crippen molar-refractivity contribution < 1.29 is 23.4 Å². The maximum atomic E-state index is 11.2. The first-order valence-corrected chi connectivity index (χ1v) is 9.24. The van der Waals surface area contributed by atoms with Gasteiger partial charge in [-0.25, -0.2) is 8.42 Å². The molecule has 0 aromatic heterocycles. The topological polar surface area (TPSA) is 87.1 Å². The van der Waals surface area contributed by atoms with Gasteiger partial charge in [-0.2, -0.15) is 0 Å². The van der Waals surface area contributed by atoms with Gasteiger partial charge in [0.15, 0.2) is 0 Å². The molecule has 7 heteroatoms. The molecule has 2 aliphatic rings. The van der Waals surface area contributed by atoms with Crippen LogP contribution < -0.4 is 0 Å². The number of aliphatic hydroxyl groups is 2. The quantitative estimate of drug-likeness (QED) is 0.672. The van der Waals surface area contributed by atoms with Crippen LogP contribution in [0.3, 0.4) is 0 Å². The lowest BCUT2D eigenvalue weighted by Gasteiger charge is -2.56. The smallest absolute Gasteiger partial charge is 0.148 e. The van der Waals surface area contributed by atoms with Crippen molar-refractivity contribution in [1.82, 2.24) is 4.90 Å². The van der Waals surface area contributed by atoms with E-state index in [2.05, 4.69) is 4.90 Å². The van der Waals surface area contributed by atoms with Crippen molar-refractivity contribution in [2.45, 2.75) is 31.5 Å². The molecule has 0 radical (unpaired) electrons. The van der Waals surface area contributed by atoms with Gasteiger partial charge in [0.2, 0.25) is 0 Å². The Morgan fingerprint density at radius 2 is 2.00 bits per heavy atom. The van der Waals surface area contributed by atoms with Gasteiger partial charge in [-0.1, -0.05) is 0 Å². The molecule has 20 heavy (non-hydrogen) atoms. The third kappa shape index (κ3) is 3.51. The summed E-state index contributed by atoms with van der Waals surface area (Å²) < 4.78 is 28.0. The molecular weight excluding hydrogens is 282 g/mol. The predicted molar refractivity (Wildman–Crippen MR) is 75.3 cm³/mol. The van der Waals surface area contributed by atoms with Crippen molar-refractivity contribution in [3.63, 3.8) is 0 Å². The fourth-order valence-corrected chi connectivity index (χ4v) is 3.89. The zero-order valence-corrected chi connectivity index (χ0v) is 12.8. The van der Waals surface area contributed by atoms with Crippen LogP contribution in [-0.4, -0.2) is 80.6 Å². The van der Waals surface area contributed by atoms with E-state index in [1.807, 2.05) is 0 Å². The Labute approximate surface area is 120 Å². The van der Waals surface area contributed by atoms with E-state index in [9.17, 15) is 13.5 Å². The van der Waals surface area contributed by atoms with Crippen molar-refractivity contribution in [2.75, 3.05) is 44.9 Å². The average molecular weight is 307 g/mol. The number of nitrogens with zero attached hydrogens (tertiary/aromatic N) is 1. The molecule has 1 aliphatic carbocycles. The van der Waals surface area contributed by atoms with Gasteiger partial charge >= 0.3 is 0 Å². The van der Waals surface area contributed by atoms with Crippen LogP contribution in [-0.2, 0) is 14.6 Å². The van der Waals surface area contributed by atoms with E-state index in [0.29, 0.717) is 19.6 Å². The van der Waals surface area contributed by atoms with E-state index < -0.39 is 9.84 Å². The van der Waals surface area contributed by atoms with Crippen LogP contribution in [0.1, 0.15) is 19.3 Å². The lowest BCUT2D eigenvalue weighted by atomic mass is 9.58. The maximum Gasteiger partial charge on any atom is 0.148 e. The number of sulfone groups is 1. The fourth-order valence-electron chi connectivity index (χ4n) is 3.30. The lowest BCUT2D eigenvalue weighted by Crippen LogP contribution is -2.62. The van der Waals surface area contributed by atoms with E-state index in [-0.39, 0.29) is 30.0 Å². The second kappa shape index (κ2) is 6.27. The minimum absolute atomic E-state index is 0.00313. The largest absolute Gasteiger partial charge is 0.394 e. The fraction of sp³-hybridized carbons (Fsp3) is 1.00. The highest BCUT2D eigenvalue weighted by atomic mass is 32.2. The Hall–Kier alpha value is -0.210. The van der Waals surface area contributed by atoms with Crippen molar-refractivity contribution in [2.24, 2.45) is 5.41 Å². The number of hydrogen-bond acceptors (Lipinski definition) is 6. The zero-order chi connectivity index (χ0) is 14.8. The molecule has 0 bridgehead atoms. The van der Waals surface area contributed by atoms with Gasteiger partial charge in [0, 0.05) is 24.6 Å². The molecule has 0 aromatic rings. The summed E-state index contributed by atoms with van der Waals surface area (Å²) in [7, 11) is -2.92. The second-order valence-electron chi connectivity index (χ2n) is 6.04. The molecule has 2 N–H and O–H groups in total. The minimum Gasteiger partial charge on any atom is -0.394 e. The Morgan fingerprint density at radius 1 is 1.35 bits per heavy atom. The van der Waals surface area contributed by atoms with Crippen molar-refractivity contribution in [3.8, 4) is 0 Å². The number of piperidine rings is 1. The summed E-state index contributed by atoms with van der Waals surface area (Å²) in [6, 6.07) is 0. The molecule has 2 atom stereocenters. The van der Waals surface area contributed by atoms with E-state index in [1.54, 1.807) is 0 Å². The monoisotopic (exact) mass is 307 g/mol. The first kappa shape index (κ1) is 16.2. The molecule has 1 spiro atoms. The molecule has 1 aliphatic heterocycles. The van der Waals surface area contributed by atoms with Crippen LogP contribution in [0.2, 0.25) is 0 Å². The summed E-state index contributed by atoms with van der Waals surface area (Å²) in [4.78, 5) is 2.14. The Morgan fingerprint density at radius 3 is 2.50 bits per heavy atom. The number of likely N-dealkylation sites (tertiary alicyclic amines) is 1. The summed E-state index contributed by atoms with van der Waals surface area (Å²) in [5.74, 6) is 0.187. The standard InChI is InChI=1S/C13H25NO5S/c1-20(17,18)9-6-14-4-2-13(3-5-14)11(16)10-12(13)19-8-7-15/h11-12,15-16H,2-10H2,1H3/t11-,12+/m1/s1. The molecular formula is C13H25NO5S. The van der Waals surface area contributed by atoms with Crippen LogP contribution in [0.5, 0.6) is 0 Å². The highest BCUT2D eigenvalue weighted by Crippen LogP contribution is 2.50. The third-order valence-electron chi connectivity index (χ3n) is 4.72. The highest BCUT2D eigenvalue weighted by molar-refractivity contribution is 7.90. The third-order valence-corrected chi connectivity index (χ3v) is 5.64. The second-order valence-corrected chi connectivity index (χ2v) is 8.30. The van der Waals surface area contributed by atoms with E-state index in [0.717, 1.165) is 25.9 Å². The molecule has 6 nitrogen and oxygen atoms in total.